The van der Waals surface area contributed by atoms with Crippen LogP contribution in [0.4, 0.5) is 0 Å². The molecule has 0 saturated heterocycles. The number of hydrogen-bond acceptors (Lipinski definition) is 0. The second kappa shape index (κ2) is 4.83. The number of aryl methyl sites for hydroxylation is 1. The number of hydrogen-bond donors (Lipinski definition) is 0. The molecule has 0 unspecified atom stereocenters. The lowest BCUT2D eigenvalue weighted by Gasteiger charge is -1.89. The van der Waals surface area contributed by atoms with E-state index in [1.165, 1.54) is 5.56 Å². The van der Waals surface area contributed by atoms with Gasteiger partial charge in [0.25, 0.3) is 0 Å². The maximum absolute atomic E-state index is 2.16. The Morgan fingerprint density at radius 2 is 1.67 bits per heavy atom. The van der Waals surface area contributed by atoms with Crippen molar-refractivity contribution in [2.75, 3.05) is 0 Å². The molecule has 0 aliphatic heterocycles. The van der Waals surface area contributed by atoms with E-state index in [0.717, 1.165) is 6.42 Å². The summed E-state index contributed by atoms with van der Waals surface area (Å²) in [6.07, 6.45) is 1.14. The van der Waals surface area contributed by atoms with Gasteiger partial charge in [-0.3, -0.25) is 0 Å². The highest BCUT2D eigenvalue weighted by Crippen LogP contribution is 1.96. The van der Waals surface area contributed by atoms with Crippen molar-refractivity contribution in [2.45, 2.75) is 13.3 Å². The molecule has 0 aromatic heterocycles. The molecule has 0 heterocycles. The summed E-state index contributed by atoms with van der Waals surface area (Å²) in [5.41, 5.74) is 1.41. The zero-order valence-electron chi connectivity index (χ0n) is 5.09. The first-order valence-corrected chi connectivity index (χ1v) is 2.97. The van der Waals surface area contributed by atoms with E-state index in [1.54, 1.807) is 0 Å². The Morgan fingerprint density at radius 3 is 2.00 bits per heavy atom. The average molecular weight is 132 g/mol. The molecule has 9 heavy (non-hydrogen) atoms. The van der Waals surface area contributed by atoms with Crippen LogP contribution in [0.1, 0.15) is 12.5 Å². The van der Waals surface area contributed by atoms with E-state index in [4.69, 9.17) is 0 Å². The molecular weight excluding hydrogens is 120 g/mol. The Morgan fingerprint density at radius 1 is 1.11 bits per heavy atom. The molecule has 0 radical (unpaired) electrons. The highest BCUT2D eigenvalue weighted by atomic mass is 24.3. The van der Waals surface area contributed by atoms with Crippen molar-refractivity contribution >= 4 is 23.1 Å². The molecule has 0 N–H and O–H groups in total. The Balaban J connectivity index is 0.000000640. The van der Waals surface area contributed by atoms with E-state index >= 15 is 0 Å². The topological polar surface area (TPSA) is 0 Å². The van der Waals surface area contributed by atoms with Gasteiger partial charge in [0.05, 0.1) is 0 Å². The molecule has 1 rings (SSSR count). The average Bonchev–Trinajstić information content (AvgIpc) is 1.90. The van der Waals surface area contributed by atoms with E-state index in [9.17, 15) is 0 Å². The van der Waals surface area contributed by atoms with E-state index in [2.05, 4.69) is 31.2 Å². The summed E-state index contributed by atoms with van der Waals surface area (Å²) >= 11 is 0. The van der Waals surface area contributed by atoms with Gasteiger partial charge in [-0.05, 0) is 12.0 Å². The molecule has 1 aromatic rings. The summed E-state index contributed by atoms with van der Waals surface area (Å²) in [6.45, 7) is 2.16. The normalized spacial score (nSPS) is 8.11. The van der Waals surface area contributed by atoms with Crippen LogP contribution in [0.15, 0.2) is 30.3 Å². The van der Waals surface area contributed by atoms with Crippen LogP contribution in [0.2, 0.25) is 0 Å². The molecular formula is C8H12Mg. The number of rotatable bonds is 1. The lowest BCUT2D eigenvalue weighted by molar-refractivity contribution is 1.14. The molecule has 1 aromatic carbocycles. The highest BCUT2D eigenvalue weighted by Gasteiger charge is 1.79. The highest BCUT2D eigenvalue weighted by molar-refractivity contribution is 5.75. The largest absolute Gasteiger partial charge is 0.316 e. The second-order valence-electron chi connectivity index (χ2n) is 1.84. The van der Waals surface area contributed by atoms with Crippen LogP contribution >= 0.6 is 0 Å². The predicted octanol–water partition coefficient (Wildman–Crippen LogP) is 1.33. The van der Waals surface area contributed by atoms with Crippen molar-refractivity contribution in [3.05, 3.63) is 35.9 Å². The summed E-state index contributed by atoms with van der Waals surface area (Å²) in [5, 5.41) is 0. The molecule has 0 amide bonds. The van der Waals surface area contributed by atoms with Crippen LogP contribution < -0.4 is 0 Å². The zero-order valence-corrected chi connectivity index (χ0v) is 5.09. The lowest BCUT2D eigenvalue weighted by atomic mass is 10.2. The first kappa shape index (κ1) is 8.99. The van der Waals surface area contributed by atoms with Gasteiger partial charge in [0, 0.05) is 0 Å². The van der Waals surface area contributed by atoms with Crippen LogP contribution in [0, 0.1) is 0 Å². The van der Waals surface area contributed by atoms with Gasteiger partial charge < -0.3 is 0 Å². The smallest absolute Gasteiger partial charge is 0.0622 e. The fourth-order valence-electron chi connectivity index (χ4n) is 0.714. The Hall–Kier alpha value is -0.0138. The molecule has 1 heteroatoms. The predicted molar refractivity (Wildman–Crippen MR) is 44.4 cm³/mol. The Labute approximate surface area is 72.4 Å². The molecule has 0 aliphatic rings. The van der Waals surface area contributed by atoms with E-state index in [0.29, 0.717) is 0 Å². The van der Waals surface area contributed by atoms with Crippen molar-refractivity contribution < 1.29 is 0 Å². The van der Waals surface area contributed by atoms with E-state index in [1.807, 2.05) is 6.07 Å². The minimum atomic E-state index is 0. The molecule has 0 bridgehead atoms. The first-order chi connectivity index (χ1) is 3.93. The standard InChI is InChI=1S/C8H10.Mg.2H/c1-2-8-6-4-3-5-7-8;;;/h3-7H,2H2,1H3;;;. The quantitative estimate of drug-likeness (QED) is 0.506. The maximum atomic E-state index is 2.16. The van der Waals surface area contributed by atoms with Crippen LogP contribution in [0.25, 0.3) is 0 Å². The third kappa shape index (κ3) is 2.87. The van der Waals surface area contributed by atoms with Crippen molar-refractivity contribution in [1.29, 1.82) is 0 Å². The van der Waals surface area contributed by atoms with Gasteiger partial charge in [-0.15, -0.1) is 0 Å². The minimum Gasteiger partial charge on any atom is -0.0622 e. The summed E-state index contributed by atoms with van der Waals surface area (Å²) < 4.78 is 0. The van der Waals surface area contributed by atoms with Gasteiger partial charge in [0.15, 0.2) is 0 Å². The van der Waals surface area contributed by atoms with Gasteiger partial charge in [0.1, 0.15) is 0 Å². The van der Waals surface area contributed by atoms with Gasteiger partial charge in [0.2, 0.25) is 0 Å². The Bertz CT molecular complexity index is 146. The SMILES string of the molecule is CCc1ccccc1.[MgH2]. The van der Waals surface area contributed by atoms with Crippen LogP contribution in [-0.4, -0.2) is 23.1 Å². The molecule has 0 saturated carbocycles. The molecule has 0 spiro atoms. The van der Waals surface area contributed by atoms with Gasteiger partial charge in [-0.2, -0.15) is 0 Å². The van der Waals surface area contributed by atoms with E-state index < -0.39 is 0 Å². The van der Waals surface area contributed by atoms with Crippen molar-refractivity contribution in [3.63, 3.8) is 0 Å². The summed E-state index contributed by atoms with van der Waals surface area (Å²) in [6, 6.07) is 10.5. The van der Waals surface area contributed by atoms with Crippen molar-refractivity contribution in [1.82, 2.24) is 0 Å². The fourth-order valence-corrected chi connectivity index (χ4v) is 0.714. The monoisotopic (exact) mass is 132 g/mol. The third-order valence-electron chi connectivity index (χ3n) is 1.25. The third-order valence-corrected chi connectivity index (χ3v) is 1.25. The first-order valence-electron chi connectivity index (χ1n) is 2.97. The van der Waals surface area contributed by atoms with Crippen LogP contribution in [-0.2, 0) is 6.42 Å². The molecule has 0 nitrogen and oxygen atoms in total. The molecule has 0 aliphatic carbocycles. The summed E-state index contributed by atoms with van der Waals surface area (Å²) in [4.78, 5) is 0. The molecule has 46 valence electrons. The van der Waals surface area contributed by atoms with Crippen molar-refractivity contribution in [2.24, 2.45) is 0 Å². The summed E-state index contributed by atoms with van der Waals surface area (Å²) in [7, 11) is 0. The van der Waals surface area contributed by atoms with E-state index in [-0.39, 0.29) is 23.1 Å². The van der Waals surface area contributed by atoms with Crippen LogP contribution in [0.3, 0.4) is 0 Å². The molecule has 0 atom stereocenters. The van der Waals surface area contributed by atoms with Gasteiger partial charge in [-0.1, -0.05) is 37.3 Å². The second-order valence-corrected chi connectivity index (χ2v) is 1.84. The summed E-state index contributed by atoms with van der Waals surface area (Å²) in [5.74, 6) is 0. The maximum Gasteiger partial charge on any atom is 0.316 e. The van der Waals surface area contributed by atoms with Crippen molar-refractivity contribution in [3.8, 4) is 0 Å². The lowest BCUT2D eigenvalue weighted by Crippen LogP contribution is -1.73. The number of benzene rings is 1. The van der Waals surface area contributed by atoms with Gasteiger partial charge >= 0.3 is 23.1 Å². The van der Waals surface area contributed by atoms with Crippen LogP contribution in [0.5, 0.6) is 0 Å². The fraction of sp³-hybridized carbons (Fsp3) is 0.250. The zero-order chi connectivity index (χ0) is 5.82. The Kier molecular flexibility index (Phi) is 4.82. The minimum absolute atomic E-state index is 0. The molecule has 0 fully saturated rings. The van der Waals surface area contributed by atoms with Gasteiger partial charge in [-0.25, -0.2) is 0 Å².